The normalized spacial score (nSPS) is 20.5. The second-order valence-corrected chi connectivity index (χ2v) is 5.75. The van der Waals surface area contributed by atoms with E-state index < -0.39 is 0 Å². The average molecular weight is 238 g/mol. The van der Waals surface area contributed by atoms with Gasteiger partial charge in [0.15, 0.2) is 0 Å². The third kappa shape index (κ3) is 3.58. The Kier molecular flexibility index (Phi) is 4.79. The lowest BCUT2D eigenvalue weighted by Gasteiger charge is -2.36. The number of esters is 1. The molecule has 0 saturated heterocycles. The van der Waals surface area contributed by atoms with Crippen LogP contribution in [0.15, 0.2) is 12.2 Å². The first-order valence-electron chi connectivity index (χ1n) is 6.83. The fraction of sp³-hybridized carbons (Fsp3) is 0.800. The van der Waals surface area contributed by atoms with E-state index in [1.807, 2.05) is 33.8 Å². The van der Waals surface area contributed by atoms with Crippen LogP contribution in [0.4, 0.5) is 0 Å². The molecule has 0 radical (unpaired) electrons. The molecule has 0 heterocycles. The number of rotatable bonds is 4. The summed E-state index contributed by atoms with van der Waals surface area (Å²) in [6, 6.07) is 0. The van der Waals surface area contributed by atoms with Gasteiger partial charge in [0, 0.05) is 0 Å². The number of carbonyl (C=O) groups excluding carboxylic acids is 1. The maximum atomic E-state index is 12.2. The molecule has 0 aromatic carbocycles. The Hall–Kier alpha value is -0.790. The predicted molar refractivity (Wildman–Crippen MR) is 70.8 cm³/mol. The molecule has 2 heteroatoms. The molecule has 0 spiro atoms. The molecule has 1 rings (SSSR count). The molecule has 0 N–H and O–H groups in total. The van der Waals surface area contributed by atoms with Gasteiger partial charge in [0.2, 0.25) is 0 Å². The van der Waals surface area contributed by atoms with Crippen LogP contribution in [0.3, 0.4) is 0 Å². The van der Waals surface area contributed by atoms with Crippen molar-refractivity contribution in [3.63, 3.8) is 0 Å². The molecule has 0 unspecified atom stereocenters. The van der Waals surface area contributed by atoms with Gasteiger partial charge in [-0.1, -0.05) is 19.4 Å². The van der Waals surface area contributed by atoms with Crippen LogP contribution >= 0.6 is 0 Å². The third-order valence-corrected chi connectivity index (χ3v) is 3.90. The maximum absolute atomic E-state index is 12.2. The first-order valence-corrected chi connectivity index (χ1v) is 6.83. The van der Waals surface area contributed by atoms with E-state index in [9.17, 15) is 4.79 Å². The zero-order chi connectivity index (χ0) is 12.9. The summed E-state index contributed by atoms with van der Waals surface area (Å²) in [5.41, 5.74) is -0.692. The van der Waals surface area contributed by atoms with Crippen molar-refractivity contribution in [3.05, 3.63) is 12.2 Å². The van der Waals surface area contributed by atoms with Gasteiger partial charge in [0.05, 0.1) is 5.41 Å². The topological polar surface area (TPSA) is 26.3 Å². The summed E-state index contributed by atoms with van der Waals surface area (Å²) in [5.74, 6) is -0.0556. The summed E-state index contributed by atoms with van der Waals surface area (Å²) in [6.45, 7) is 7.95. The van der Waals surface area contributed by atoms with E-state index in [4.69, 9.17) is 4.74 Å². The Morgan fingerprint density at radius 2 is 1.88 bits per heavy atom. The van der Waals surface area contributed by atoms with Crippen LogP contribution < -0.4 is 0 Å². The Bertz CT molecular complexity index is 283. The third-order valence-electron chi connectivity index (χ3n) is 3.90. The lowest BCUT2D eigenvalue weighted by molar-refractivity contribution is -0.168. The van der Waals surface area contributed by atoms with E-state index >= 15 is 0 Å². The van der Waals surface area contributed by atoms with E-state index in [0.717, 1.165) is 32.1 Å². The highest BCUT2D eigenvalue weighted by Crippen LogP contribution is 2.35. The van der Waals surface area contributed by atoms with E-state index in [0.29, 0.717) is 0 Å². The van der Waals surface area contributed by atoms with Crippen molar-refractivity contribution in [3.8, 4) is 0 Å². The molecule has 1 aliphatic rings. The molecule has 0 bridgehead atoms. The number of ether oxygens (including phenoxy) is 1. The van der Waals surface area contributed by atoms with Gasteiger partial charge in [-0.15, -0.1) is 0 Å². The van der Waals surface area contributed by atoms with Gasteiger partial charge in [0.25, 0.3) is 0 Å². The van der Waals surface area contributed by atoms with Crippen LogP contribution in [0.5, 0.6) is 0 Å². The van der Waals surface area contributed by atoms with Crippen LogP contribution in [-0.2, 0) is 9.53 Å². The van der Waals surface area contributed by atoms with Crippen molar-refractivity contribution in [2.24, 2.45) is 5.41 Å². The average Bonchev–Trinajstić information content (AvgIpc) is 2.30. The molecule has 0 aromatic rings. The van der Waals surface area contributed by atoms with Gasteiger partial charge in [-0.05, 0) is 59.0 Å². The van der Waals surface area contributed by atoms with Gasteiger partial charge < -0.3 is 4.74 Å². The van der Waals surface area contributed by atoms with Gasteiger partial charge in [0.1, 0.15) is 5.60 Å². The Morgan fingerprint density at radius 1 is 1.29 bits per heavy atom. The highest BCUT2D eigenvalue weighted by Gasteiger charge is 2.37. The minimum absolute atomic E-state index is 0.0556. The van der Waals surface area contributed by atoms with Crippen LogP contribution in [0.25, 0.3) is 0 Å². The summed E-state index contributed by atoms with van der Waals surface area (Å²) < 4.78 is 5.85. The molecular weight excluding hydrogens is 212 g/mol. The van der Waals surface area contributed by atoms with Crippen LogP contribution in [-0.4, -0.2) is 11.6 Å². The summed E-state index contributed by atoms with van der Waals surface area (Å²) in [4.78, 5) is 12.2. The Morgan fingerprint density at radius 3 is 2.35 bits per heavy atom. The second-order valence-electron chi connectivity index (χ2n) is 5.75. The zero-order valence-electron chi connectivity index (χ0n) is 11.7. The second kappa shape index (κ2) is 5.70. The van der Waals surface area contributed by atoms with Crippen molar-refractivity contribution in [2.75, 3.05) is 0 Å². The van der Waals surface area contributed by atoms with Crippen molar-refractivity contribution >= 4 is 5.97 Å². The molecule has 0 aromatic heterocycles. The van der Waals surface area contributed by atoms with Crippen LogP contribution in [0, 0.1) is 5.41 Å². The quantitative estimate of drug-likeness (QED) is 0.541. The van der Waals surface area contributed by atoms with Gasteiger partial charge in [-0.25, -0.2) is 0 Å². The molecular formula is C15H26O2. The van der Waals surface area contributed by atoms with Crippen molar-refractivity contribution < 1.29 is 9.53 Å². The van der Waals surface area contributed by atoms with E-state index in [2.05, 4.69) is 6.08 Å². The summed E-state index contributed by atoms with van der Waals surface area (Å²) in [6.07, 6.45) is 10.4. The molecule has 1 fully saturated rings. The number of hydrogen-bond donors (Lipinski definition) is 0. The standard InChI is InChI=1S/C15H26O2/c1-5-10-15(11-8-7-9-12-15)17-13(16)14(3,4)6-2/h5,10H,6-9,11-12H2,1-4H3/b10-5+. The minimum atomic E-state index is -0.369. The molecule has 0 atom stereocenters. The number of hydrogen-bond acceptors (Lipinski definition) is 2. The van der Waals surface area contributed by atoms with Gasteiger partial charge >= 0.3 is 5.97 Å². The lowest BCUT2D eigenvalue weighted by Crippen LogP contribution is -2.39. The van der Waals surface area contributed by atoms with E-state index in [1.54, 1.807) is 0 Å². The minimum Gasteiger partial charge on any atom is -0.454 e. The summed E-state index contributed by atoms with van der Waals surface area (Å²) in [7, 11) is 0. The SMILES string of the molecule is C/C=C/C1(OC(=O)C(C)(C)CC)CCCCC1. The van der Waals surface area contributed by atoms with Crippen molar-refractivity contribution in [2.45, 2.75) is 71.8 Å². The predicted octanol–water partition coefficient (Wildman–Crippen LogP) is 4.24. The smallest absolute Gasteiger partial charge is 0.312 e. The summed E-state index contributed by atoms with van der Waals surface area (Å²) >= 11 is 0. The highest BCUT2D eigenvalue weighted by atomic mass is 16.6. The number of carbonyl (C=O) groups is 1. The fourth-order valence-corrected chi connectivity index (χ4v) is 2.22. The lowest BCUT2D eigenvalue weighted by atomic mass is 9.83. The summed E-state index contributed by atoms with van der Waals surface area (Å²) in [5, 5.41) is 0. The fourth-order valence-electron chi connectivity index (χ4n) is 2.22. The maximum Gasteiger partial charge on any atom is 0.312 e. The van der Waals surface area contributed by atoms with Gasteiger partial charge in [-0.2, -0.15) is 0 Å². The van der Waals surface area contributed by atoms with Gasteiger partial charge in [-0.3, -0.25) is 4.79 Å². The highest BCUT2D eigenvalue weighted by molar-refractivity contribution is 5.76. The van der Waals surface area contributed by atoms with Crippen molar-refractivity contribution in [1.29, 1.82) is 0 Å². The van der Waals surface area contributed by atoms with Crippen molar-refractivity contribution in [1.82, 2.24) is 0 Å². The zero-order valence-corrected chi connectivity index (χ0v) is 11.7. The molecule has 0 amide bonds. The van der Waals surface area contributed by atoms with Crippen LogP contribution in [0.1, 0.15) is 66.2 Å². The van der Waals surface area contributed by atoms with E-state index in [-0.39, 0.29) is 17.0 Å². The molecule has 98 valence electrons. The molecule has 0 aliphatic heterocycles. The van der Waals surface area contributed by atoms with Crippen LogP contribution in [0.2, 0.25) is 0 Å². The van der Waals surface area contributed by atoms with E-state index in [1.165, 1.54) is 6.42 Å². The monoisotopic (exact) mass is 238 g/mol. The largest absolute Gasteiger partial charge is 0.454 e. The first-order chi connectivity index (χ1) is 7.96. The first kappa shape index (κ1) is 14.3. The Labute approximate surface area is 105 Å². The molecule has 1 saturated carbocycles. The molecule has 17 heavy (non-hydrogen) atoms. The Balaban J connectivity index is 2.76. The number of allylic oxidation sites excluding steroid dienone is 1. The molecule has 2 nitrogen and oxygen atoms in total. The molecule has 1 aliphatic carbocycles.